The molecule has 0 spiro atoms. The van der Waals surface area contributed by atoms with Gasteiger partial charge >= 0.3 is 0 Å². The van der Waals surface area contributed by atoms with E-state index < -0.39 is 0 Å². The minimum absolute atomic E-state index is 0.0523. The van der Waals surface area contributed by atoms with E-state index in [1.165, 1.54) is 12.0 Å². The van der Waals surface area contributed by atoms with Crippen LogP contribution in [0.15, 0.2) is 48.7 Å². The molecule has 0 bridgehead atoms. The summed E-state index contributed by atoms with van der Waals surface area (Å²) in [5.74, 6) is -0.164. The van der Waals surface area contributed by atoms with Gasteiger partial charge in [-0.25, -0.2) is 0 Å². The third kappa shape index (κ3) is 4.11. The number of nitrogens with zero attached hydrogens (tertiary/aromatic N) is 1. The molecule has 0 saturated carbocycles. The number of amides is 2. The van der Waals surface area contributed by atoms with Crippen molar-refractivity contribution in [1.82, 2.24) is 4.90 Å². The lowest BCUT2D eigenvalue weighted by atomic mass is 10.1. The van der Waals surface area contributed by atoms with E-state index in [9.17, 15) is 14.7 Å². The number of thioether (sulfide) groups is 1. The van der Waals surface area contributed by atoms with Crippen LogP contribution in [0.2, 0.25) is 0 Å². The van der Waals surface area contributed by atoms with Gasteiger partial charge in [0.15, 0.2) is 11.5 Å². The molecular weight excluding hydrogens is 566 g/mol. The van der Waals surface area contributed by atoms with Crippen LogP contribution in [0.5, 0.6) is 11.5 Å². The number of hydrogen-bond donors (Lipinski definition) is 1. The highest BCUT2D eigenvalue weighted by molar-refractivity contribution is 9.13. The second kappa shape index (κ2) is 8.38. The fourth-order valence-corrected chi connectivity index (χ4v) is 4.53. The summed E-state index contributed by atoms with van der Waals surface area (Å²) < 4.78 is 6.94. The molecule has 0 atom stereocenters. The molecular formula is C18H12Br3NO4S. The Kier molecular flexibility index (Phi) is 6.35. The van der Waals surface area contributed by atoms with Crippen molar-refractivity contribution >= 4 is 76.8 Å². The summed E-state index contributed by atoms with van der Waals surface area (Å²) >= 11 is 11.0. The van der Waals surface area contributed by atoms with Gasteiger partial charge in [0.1, 0.15) is 0 Å². The molecule has 1 heterocycles. The molecule has 0 unspecified atom stereocenters. The van der Waals surface area contributed by atoms with Crippen molar-refractivity contribution in [3.05, 3.63) is 59.8 Å². The summed E-state index contributed by atoms with van der Waals surface area (Å²) in [4.78, 5) is 26.6. The number of benzene rings is 2. The van der Waals surface area contributed by atoms with Crippen LogP contribution in [-0.2, 0) is 11.3 Å². The van der Waals surface area contributed by atoms with Crippen molar-refractivity contribution in [1.29, 1.82) is 0 Å². The molecule has 0 aliphatic carbocycles. The maximum atomic E-state index is 12.7. The number of imide groups is 1. The van der Waals surface area contributed by atoms with Crippen LogP contribution in [0.1, 0.15) is 11.1 Å². The molecule has 27 heavy (non-hydrogen) atoms. The average Bonchev–Trinajstić information content (AvgIpc) is 2.91. The molecule has 5 nitrogen and oxygen atoms in total. The van der Waals surface area contributed by atoms with Crippen molar-refractivity contribution in [3.63, 3.8) is 0 Å². The van der Waals surface area contributed by atoms with Gasteiger partial charge in [-0.1, -0.05) is 34.1 Å². The molecule has 2 aromatic rings. The molecule has 3 rings (SSSR count). The number of methoxy groups -OCH3 is 1. The molecule has 1 fully saturated rings. The normalized spacial score (nSPS) is 15.7. The van der Waals surface area contributed by atoms with Crippen LogP contribution < -0.4 is 4.74 Å². The van der Waals surface area contributed by atoms with Gasteiger partial charge in [0.25, 0.3) is 11.1 Å². The highest BCUT2D eigenvalue weighted by Crippen LogP contribution is 2.43. The molecule has 1 N–H and O–H groups in total. The third-order valence-electron chi connectivity index (χ3n) is 3.84. The number of ether oxygens (including phenoxy) is 1. The monoisotopic (exact) mass is 575 g/mol. The van der Waals surface area contributed by atoms with E-state index >= 15 is 0 Å². The lowest BCUT2D eigenvalue weighted by molar-refractivity contribution is -0.123. The van der Waals surface area contributed by atoms with E-state index in [0.717, 1.165) is 21.8 Å². The molecule has 1 aliphatic heterocycles. The molecule has 0 aromatic heterocycles. The van der Waals surface area contributed by atoms with Gasteiger partial charge in [-0.3, -0.25) is 14.5 Å². The van der Waals surface area contributed by atoms with Gasteiger partial charge in [-0.2, -0.15) is 0 Å². The predicted molar refractivity (Wildman–Crippen MR) is 116 cm³/mol. The fraction of sp³-hybridized carbons (Fsp3) is 0.111. The number of halogens is 3. The van der Waals surface area contributed by atoms with Crippen molar-refractivity contribution in [2.45, 2.75) is 6.54 Å². The van der Waals surface area contributed by atoms with Crippen LogP contribution in [0, 0.1) is 0 Å². The predicted octanol–water partition coefficient (Wildman–Crippen LogP) is 5.92. The second-order valence-electron chi connectivity index (χ2n) is 5.50. The zero-order chi connectivity index (χ0) is 19.7. The van der Waals surface area contributed by atoms with Gasteiger partial charge in [-0.15, -0.1) is 0 Å². The van der Waals surface area contributed by atoms with E-state index in [4.69, 9.17) is 4.74 Å². The Hall–Kier alpha value is -1.29. The molecule has 140 valence electrons. The summed E-state index contributed by atoms with van der Waals surface area (Å²) in [6, 6.07) is 9.03. The highest BCUT2D eigenvalue weighted by atomic mass is 79.9. The zero-order valence-corrected chi connectivity index (χ0v) is 19.4. The number of rotatable bonds is 4. The summed E-state index contributed by atoms with van der Waals surface area (Å²) in [5.41, 5.74) is 1.44. The quantitative estimate of drug-likeness (QED) is 0.457. The lowest BCUT2D eigenvalue weighted by Crippen LogP contribution is -2.27. The molecule has 1 aliphatic rings. The smallest absolute Gasteiger partial charge is 0.293 e. The van der Waals surface area contributed by atoms with Crippen molar-refractivity contribution in [3.8, 4) is 11.5 Å². The first-order valence-corrected chi connectivity index (χ1v) is 10.8. The number of carbonyl (C=O) groups excluding carboxylic acids is 2. The first-order chi connectivity index (χ1) is 12.8. The van der Waals surface area contributed by atoms with E-state index in [2.05, 4.69) is 47.8 Å². The average molecular weight is 578 g/mol. The first-order valence-electron chi connectivity index (χ1n) is 7.57. The van der Waals surface area contributed by atoms with E-state index in [1.807, 2.05) is 24.3 Å². The molecule has 1 saturated heterocycles. The molecule has 2 amide bonds. The summed E-state index contributed by atoms with van der Waals surface area (Å²) in [7, 11) is 1.44. The minimum atomic E-state index is -0.365. The van der Waals surface area contributed by atoms with Crippen LogP contribution in [0.4, 0.5) is 4.79 Å². The Balaban J connectivity index is 1.93. The van der Waals surface area contributed by atoms with Crippen molar-refractivity contribution in [2.75, 3.05) is 7.11 Å². The molecule has 0 radical (unpaired) electrons. The lowest BCUT2D eigenvalue weighted by Gasteiger charge is -2.13. The topological polar surface area (TPSA) is 66.8 Å². The number of phenols is 1. The fourth-order valence-electron chi connectivity index (χ4n) is 2.45. The number of carbonyl (C=O) groups is 2. The highest BCUT2D eigenvalue weighted by Gasteiger charge is 2.35. The first kappa shape index (κ1) is 20.4. The molecule has 2 aromatic carbocycles. The van der Waals surface area contributed by atoms with E-state index in [-0.39, 0.29) is 29.2 Å². The second-order valence-corrected chi connectivity index (χ2v) is 8.94. The Bertz CT molecular complexity index is 977. The third-order valence-corrected chi connectivity index (χ3v) is 7.68. The van der Waals surface area contributed by atoms with Crippen molar-refractivity contribution in [2.24, 2.45) is 0 Å². The zero-order valence-electron chi connectivity index (χ0n) is 13.8. The van der Waals surface area contributed by atoms with Crippen LogP contribution in [0.3, 0.4) is 0 Å². The molecule has 9 heteroatoms. The van der Waals surface area contributed by atoms with Crippen LogP contribution in [0.25, 0.3) is 6.08 Å². The van der Waals surface area contributed by atoms with Gasteiger partial charge in [0.2, 0.25) is 0 Å². The van der Waals surface area contributed by atoms with Crippen LogP contribution in [-0.4, -0.2) is 28.3 Å². The Morgan fingerprint density at radius 1 is 1.19 bits per heavy atom. The summed E-state index contributed by atoms with van der Waals surface area (Å²) in [5, 5.41) is 9.70. The standard InChI is InChI=1S/C18H12Br3NO4S/c1-26-12-6-10(14(20)15(21)16(12)23)7-13-17(24)22(18(25)27-13)8-9-4-2-3-5-11(9)19/h2-7,23H,8H2,1H3/b13-7-. The maximum absolute atomic E-state index is 12.7. The number of phenolic OH excluding ortho intramolecular Hbond substituents is 1. The SMILES string of the molecule is COc1cc(/C=C2\SC(=O)N(Cc3ccccc3Br)C2=O)c(Br)c(Br)c1O. The van der Waals surface area contributed by atoms with Crippen molar-refractivity contribution < 1.29 is 19.4 Å². The number of aromatic hydroxyl groups is 1. The maximum Gasteiger partial charge on any atom is 0.293 e. The van der Waals surface area contributed by atoms with Gasteiger partial charge in [0.05, 0.1) is 23.0 Å². The summed E-state index contributed by atoms with van der Waals surface area (Å²) in [6.45, 7) is 0.188. The minimum Gasteiger partial charge on any atom is -0.503 e. The Morgan fingerprint density at radius 3 is 2.56 bits per heavy atom. The van der Waals surface area contributed by atoms with E-state index in [0.29, 0.717) is 19.4 Å². The van der Waals surface area contributed by atoms with Gasteiger partial charge in [-0.05, 0) is 73.0 Å². The number of hydrogen-bond acceptors (Lipinski definition) is 5. The summed E-state index contributed by atoms with van der Waals surface area (Å²) in [6.07, 6.45) is 1.60. The van der Waals surface area contributed by atoms with E-state index in [1.54, 1.807) is 12.1 Å². The van der Waals surface area contributed by atoms with Gasteiger partial charge < -0.3 is 9.84 Å². The Labute approximate surface area is 185 Å². The Morgan fingerprint density at radius 2 is 1.89 bits per heavy atom. The largest absolute Gasteiger partial charge is 0.503 e. The van der Waals surface area contributed by atoms with Gasteiger partial charge in [0, 0.05) is 8.95 Å². The van der Waals surface area contributed by atoms with Crippen LogP contribution >= 0.6 is 59.6 Å².